The van der Waals surface area contributed by atoms with Gasteiger partial charge in [-0.1, -0.05) is 13.3 Å². The molecule has 1 aliphatic rings. The van der Waals surface area contributed by atoms with Gasteiger partial charge in [-0.2, -0.15) is 0 Å². The minimum absolute atomic E-state index is 0.120. The van der Waals surface area contributed by atoms with Gasteiger partial charge in [-0.25, -0.2) is 0 Å². The van der Waals surface area contributed by atoms with E-state index in [1.54, 1.807) is 20.8 Å². The SMILES string of the molecule is CC[C@@H]1CC(C(=O)OC(C)(C)C)C1C(=O)O. The fourth-order valence-electron chi connectivity index (χ4n) is 2.17. The Morgan fingerprint density at radius 3 is 2.31 bits per heavy atom. The number of carbonyl (C=O) groups excluding carboxylic acids is 1. The Hall–Kier alpha value is -1.06. The van der Waals surface area contributed by atoms with E-state index >= 15 is 0 Å². The predicted octanol–water partition coefficient (Wildman–Crippen LogP) is 2.07. The first-order valence-electron chi connectivity index (χ1n) is 5.72. The van der Waals surface area contributed by atoms with Crippen LogP contribution in [0, 0.1) is 17.8 Å². The first kappa shape index (κ1) is 13.0. The van der Waals surface area contributed by atoms with E-state index < -0.39 is 23.4 Å². The molecule has 3 atom stereocenters. The van der Waals surface area contributed by atoms with Crippen LogP contribution in [0.3, 0.4) is 0 Å². The predicted molar refractivity (Wildman–Crippen MR) is 58.9 cm³/mol. The lowest BCUT2D eigenvalue weighted by Gasteiger charge is -2.41. The number of esters is 1. The van der Waals surface area contributed by atoms with Gasteiger partial charge in [0.05, 0.1) is 11.8 Å². The zero-order valence-corrected chi connectivity index (χ0v) is 10.3. The van der Waals surface area contributed by atoms with Gasteiger partial charge in [0.25, 0.3) is 0 Å². The van der Waals surface area contributed by atoms with Crippen molar-refractivity contribution in [2.75, 3.05) is 0 Å². The number of hydrogen-bond acceptors (Lipinski definition) is 3. The van der Waals surface area contributed by atoms with Crippen molar-refractivity contribution in [3.05, 3.63) is 0 Å². The van der Waals surface area contributed by atoms with Crippen molar-refractivity contribution in [2.45, 2.75) is 46.1 Å². The molecule has 0 aromatic carbocycles. The highest BCUT2D eigenvalue weighted by atomic mass is 16.6. The molecule has 0 aliphatic heterocycles. The van der Waals surface area contributed by atoms with Gasteiger partial charge in [0, 0.05) is 0 Å². The van der Waals surface area contributed by atoms with Crippen molar-refractivity contribution in [1.82, 2.24) is 0 Å². The van der Waals surface area contributed by atoms with Crippen LogP contribution in [0.4, 0.5) is 0 Å². The number of rotatable bonds is 3. The molecule has 0 heterocycles. The highest BCUT2D eigenvalue weighted by molar-refractivity contribution is 5.83. The van der Waals surface area contributed by atoms with E-state index in [4.69, 9.17) is 9.84 Å². The normalized spacial score (nSPS) is 29.4. The molecule has 2 unspecified atom stereocenters. The smallest absolute Gasteiger partial charge is 0.310 e. The fourth-order valence-corrected chi connectivity index (χ4v) is 2.17. The van der Waals surface area contributed by atoms with E-state index in [1.807, 2.05) is 6.92 Å². The molecule has 0 bridgehead atoms. The van der Waals surface area contributed by atoms with E-state index in [9.17, 15) is 9.59 Å². The average Bonchev–Trinajstić information content (AvgIpc) is 1.97. The topological polar surface area (TPSA) is 63.6 Å². The van der Waals surface area contributed by atoms with E-state index in [0.717, 1.165) is 6.42 Å². The van der Waals surface area contributed by atoms with Crippen LogP contribution in [0.1, 0.15) is 40.5 Å². The van der Waals surface area contributed by atoms with Crippen LogP contribution in [0.5, 0.6) is 0 Å². The Morgan fingerprint density at radius 1 is 1.38 bits per heavy atom. The molecule has 1 rings (SSSR count). The zero-order valence-electron chi connectivity index (χ0n) is 10.3. The quantitative estimate of drug-likeness (QED) is 0.751. The molecule has 4 heteroatoms. The Kier molecular flexibility index (Phi) is 3.61. The van der Waals surface area contributed by atoms with Gasteiger partial charge in [0.1, 0.15) is 5.60 Å². The molecule has 4 nitrogen and oxygen atoms in total. The van der Waals surface area contributed by atoms with Gasteiger partial charge in [-0.15, -0.1) is 0 Å². The van der Waals surface area contributed by atoms with E-state index in [-0.39, 0.29) is 11.9 Å². The molecule has 0 spiro atoms. The third-order valence-corrected chi connectivity index (χ3v) is 3.02. The summed E-state index contributed by atoms with van der Waals surface area (Å²) in [7, 11) is 0. The molecule has 0 saturated heterocycles. The van der Waals surface area contributed by atoms with Crippen LogP contribution < -0.4 is 0 Å². The highest BCUT2D eigenvalue weighted by Crippen LogP contribution is 2.43. The summed E-state index contributed by atoms with van der Waals surface area (Å²) in [5.74, 6) is -2.14. The fraction of sp³-hybridized carbons (Fsp3) is 0.833. The second-order valence-electron chi connectivity index (χ2n) is 5.41. The molecule has 0 aromatic rings. The van der Waals surface area contributed by atoms with Crippen LogP contribution in [-0.4, -0.2) is 22.6 Å². The van der Waals surface area contributed by atoms with Crippen molar-refractivity contribution < 1.29 is 19.4 Å². The van der Waals surface area contributed by atoms with Crippen molar-refractivity contribution >= 4 is 11.9 Å². The van der Waals surface area contributed by atoms with Crippen molar-refractivity contribution in [3.63, 3.8) is 0 Å². The standard InChI is InChI=1S/C12H20O4/c1-5-7-6-8(9(7)10(13)14)11(15)16-12(2,3)4/h7-9H,5-6H2,1-4H3,(H,13,14)/t7-,8?,9?/m1/s1. The maximum absolute atomic E-state index is 11.7. The van der Waals surface area contributed by atoms with E-state index in [1.165, 1.54) is 0 Å². The summed E-state index contributed by atoms with van der Waals surface area (Å²) in [6.45, 7) is 7.32. The van der Waals surface area contributed by atoms with Crippen LogP contribution in [-0.2, 0) is 14.3 Å². The van der Waals surface area contributed by atoms with Gasteiger partial charge < -0.3 is 9.84 Å². The first-order valence-corrected chi connectivity index (χ1v) is 5.72. The van der Waals surface area contributed by atoms with Crippen molar-refractivity contribution in [3.8, 4) is 0 Å². The molecule has 1 aliphatic carbocycles. The van der Waals surface area contributed by atoms with Gasteiger partial charge in [0.2, 0.25) is 0 Å². The van der Waals surface area contributed by atoms with E-state index in [0.29, 0.717) is 6.42 Å². The minimum atomic E-state index is -0.881. The third-order valence-electron chi connectivity index (χ3n) is 3.02. The monoisotopic (exact) mass is 228 g/mol. The first-order chi connectivity index (χ1) is 7.26. The molecule has 0 aromatic heterocycles. The molecule has 1 fully saturated rings. The summed E-state index contributed by atoms with van der Waals surface area (Å²) in [6.07, 6.45) is 1.44. The zero-order chi connectivity index (χ0) is 12.5. The Bertz CT molecular complexity index is 290. The maximum atomic E-state index is 11.7. The van der Waals surface area contributed by atoms with E-state index in [2.05, 4.69) is 0 Å². The molecule has 16 heavy (non-hydrogen) atoms. The molecule has 1 N–H and O–H groups in total. The van der Waals surface area contributed by atoms with Gasteiger partial charge in [-0.3, -0.25) is 9.59 Å². The molecule has 0 amide bonds. The summed E-state index contributed by atoms with van der Waals surface area (Å²) in [5, 5.41) is 9.04. The van der Waals surface area contributed by atoms with Gasteiger partial charge in [0.15, 0.2) is 0 Å². The van der Waals surface area contributed by atoms with Gasteiger partial charge in [-0.05, 0) is 33.1 Å². The lowest BCUT2D eigenvalue weighted by Crippen LogP contribution is -2.47. The molecular formula is C12H20O4. The van der Waals surface area contributed by atoms with Crippen LogP contribution in [0.2, 0.25) is 0 Å². The number of aliphatic carboxylic acids is 1. The lowest BCUT2D eigenvalue weighted by atomic mass is 9.63. The lowest BCUT2D eigenvalue weighted by molar-refractivity contribution is -0.177. The minimum Gasteiger partial charge on any atom is -0.481 e. The number of carboxylic acids is 1. The Balaban J connectivity index is 2.62. The molecular weight excluding hydrogens is 208 g/mol. The Morgan fingerprint density at radius 2 is 1.94 bits per heavy atom. The maximum Gasteiger partial charge on any atom is 0.310 e. The van der Waals surface area contributed by atoms with Gasteiger partial charge >= 0.3 is 11.9 Å². The van der Waals surface area contributed by atoms with Crippen molar-refractivity contribution in [1.29, 1.82) is 0 Å². The number of carbonyl (C=O) groups is 2. The molecule has 0 radical (unpaired) electrons. The number of ether oxygens (including phenoxy) is 1. The second-order valence-corrected chi connectivity index (χ2v) is 5.41. The summed E-state index contributed by atoms with van der Waals surface area (Å²) in [4.78, 5) is 22.8. The molecule has 92 valence electrons. The largest absolute Gasteiger partial charge is 0.481 e. The number of hydrogen-bond donors (Lipinski definition) is 1. The average molecular weight is 228 g/mol. The molecule has 1 saturated carbocycles. The summed E-state index contributed by atoms with van der Waals surface area (Å²) in [6, 6.07) is 0. The highest BCUT2D eigenvalue weighted by Gasteiger charge is 2.50. The van der Waals surface area contributed by atoms with Crippen LogP contribution in [0.25, 0.3) is 0 Å². The van der Waals surface area contributed by atoms with Crippen molar-refractivity contribution in [2.24, 2.45) is 17.8 Å². The van der Waals surface area contributed by atoms with Crippen LogP contribution >= 0.6 is 0 Å². The Labute approximate surface area is 96.0 Å². The summed E-state index contributed by atoms with van der Waals surface area (Å²) >= 11 is 0. The van der Waals surface area contributed by atoms with Crippen LogP contribution in [0.15, 0.2) is 0 Å². The third kappa shape index (κ3) is 2.74. The summed E-state index contributed by atoms with van der Waals surface area (Å²) < 4.78 is 5.21. The summed E-state index contributed by atoms with van der Waals surface area (Å²) in [5.41, 5.74) is -0.544. The second kappa shape index (κ2) is 4.44. The number of carboxylic acid groups (broad SMARTS) is 1.